The zero-order valence-electron chi connectivity index (χ0n) is 10.1. The molecule has 0 aromatic heterocycles. The molecule has 1 N–H and O–H groups in total. The number of nitro benzene ring substituents is 1. The van der Waals surface area contributed by atoms with Crippen molar-refractivity contribution < 1.29 is 9.66 Å². The van der Waals surface area contributed by atoms with Crippen LogP contribution in [0.2, 0.25) is 5.02 Å². The van der Waals surface area contributed by atoms with Crippen molar-refractivity contribution in [2.45, 2.75) is 31.5 Å². The van der Waals surface area contributed by atoms with Gasteiger partial charge in [-0.1, -0.05) is 11.6 Å². The third kappa shape index (κ3) is 2.98. The van der Waals surface area contributed by atoms with Gasteiger partial charge >= 0.3 is 0 Å². The fraction of sp³-hybridized carbons (Fsp3) is 0.500. The Hall–Kier alpha value is -1.17. The van der Waals surface area contributed by atoms with E-state index in [2.05, 4.69) is 5.32 Å². The first kappa shape index (κ1) is 13.3. The molecule has 5 nitrogen and oxygen atoms in total. The number of nitrogens with zero attached hydrogens (tertiary/aromatic N) is 1. The van der Waals surface area contributed by atoms with Gasteiger partial charge in [-0.05, 0) is 24.5 Å². The van der Waals surface area contributed by atoms with Crippen LogP contribution in [0.25, 0.3) is 0 Å². The molecule has 0 spiro atoms. The largest absolute Gasteiger partial charge is 0.381 e. The molecule has 1 fully saturated rings. The Labute approximate surface area is 110 Å². The van der Waals surface area contributed by atoms with Crippen molar-refractivity contribution in [2.24, 2.45) is 0 Å². The summed E-state index contributed by atoms with van der Waals surface area (Å²) in [5, 5.41) is 14.5. The monoisotopic (exact) mass is 270 g/mol. The van der Waals surface area contributed by atoms with Crippen LogP contribution in [-0.2, 0) is 11.3 Å². The summed E-state index contributed by atoms with van der Waals surface area (Å²) < 4.78 is 5.19. The number of hydrogen-bond acceptors (Lipinski definition) is 4. The summed E-state index contributed by atoms with van der Waals surface area (Å²) in [6.45, 7) is 0.543. The van der Waals surface area contributed by atoms with E-state index < -0.39 is 4.92 Å². The molecule has 1 aromatic rings. The highest BCUT2D eigenvalue weighted by Crippen LogP contribution is 2.25. The summed E-state index contributed by atoms with van der Waals surface area (Å²) in [4.78, 5) is 10.3. The highest BCUT2D eigenvalue weighted by molar-refractivity contribution is 6.31. The van der Waals surface area contributed by atoms with Crippen molar-refractivity contribution in [3.8, 4) is 0 Å². The second-order valence-electron chi connectivity index (χ2n) is 4.44. The number of ether oxygens (including phenoxy) is 1. The van der Waals surface area contributed by atoms with Gasteiger partial charge in [-0.15, -0.1) is 0 Å². The fourth-order valence-corrected chi connectivity index (χ4v) is 2.17. The second kappa shape index (κ2) is 5.65. The van der Waals surface area contributed by atoms with E-state index in [4.69, 9.17) is 16.3 Å². The van der Waals surface area contributed by atoms with Gasteiger partial charge in [0, 0.05) is 36.9 Å². The number of halogens is 1. The van der Waals surface area contributed by atoms with Gasteiger partial charge in [0.05, 0.1) is 11.0 Å². The summed E-state index contributed by atoms with van der Waals surface area (Å²) in [6.07, 6.45) is 2.29. The number of nitrogens with one attached hydrogen (secondary N) is 1. The topological polar surface area (TPSA) is 64.4 Å². The average molecular weight is 271 g/mol. The number of rotatable bonds is 5. The summed E-state index contributed by atoms with van der Waals surface area (Å²) in [6, 6.07) is 4.90. The lowest BCUT2D eigenvalue weighted by molar-refractivity contribution is -0.384. The molecule has 98 valence electrons. The van der Waals surface area contributed by atoms with E-state index in [0.717, 1.165) is 18.4 Å². The molecule has 1 aromatic carbocycles. The zero-order valence-corrected chi connectivity index (χ0v) is 10.8. The molecule has 18 heavy (non-hydrogen) atoms. The van der Waals surface area contributed by atoms with E-state index in [-0.39, 0.29) is 5.69 Å². The standard InChI is InChI=1S/C12H15ClN2O3/c1-18-11-5-9(6-11)14-7-8-4-10(15(16)17)2-3-12(8)13/h2-4,9,11,14H,5-7H2,1H3. The Bertz CT molecular complexity index is 447. The van der Waals surface area contributed by atoms with Gasteiger partial charge in [0.25, 0.3) is 5.69 Å². The Kier molecular flexibility index (Phi) is 4.16. The minimum atomic E-state index is -0.413. The lowest BCUT2D eigenvalue weighted by Gasteiger charge is -2.34. The third-order valence-electron chi connectivity index (χ3n) is 3.25. The number of nitro groups is 1. The molecule has 0 amide bonds. The van der Waals surface area contributed by atoms with Crippen LogP contribution < -0.4 is 5.32 Å². The van der Waals surface area contributed by atoms with Crippen molar-refractivity contribution in [1.29, 1.82) is 0 Å². The highest BCUT2D eigenvalue weighted by atomic mass is 35.5. The predicted molar refractivity (Wildman–Crippen MR) is 68.8 cm³/mol. The van der Waals surface area contributed by atoms with Crippen LogP contribution in [0.3, 0.4) is 0 Å². The maximum absolute atomic E-state index is 10.7. The molecule has 2 rings (SSSR count). The first-order chi connectivity index (χ1) is 8.60. The smallest absolute Gasteiger partial charge is 0.269 e. The van der Waals surface area contributed by atoms with Crippen LogP contribution in [0.1, 0.15) is 18.4 Å². The molecule has 0 radical (unpaired) electrons. The first-order valence-electron chi connectivity index (χ1n) is 5.79. The molecule has 0 bridgehead atoms. The SMILES string of the molecule is COC1CC(NCc2cc([N+](=O)[O-])ccc2Cl)C1. The normalized spacial score (nSPS) is 22.6. The van der Waals surface area contributed by atoms with Crippen LogP contribution >= 0.6 is 11.6 Å². The average Bonchev–Trinajstić information content (AvgIpc) is 2.29. The van der Waals surface area contributed by atoms with Crippen LogP contribution in [0.4, 0.5) is 5.69 Å². The molecular formula is C12H15ClN2O3. The lowest BCUT2D eigenvalue weighted by atomic mass is 9.89. The lowest BCUT2D eigenvalue weighted by Crippen LogP contribution is -2.44. The summed E-state index contributed by atoms with van der Waals surface area (Å²) >= 11 is 6.01. The maximum atomic E-state index is 10.7. The molecule has 1 aliphatic carbocycles. The number of methoxy groups -OCH3 is 1. The Morgan fingerprint density at radius 3 is 2.89 bits per heavy atom. The van der Waals surface area contributed by atoms with Gasteiger partial charge in [0.15, 0.2) is 0 Å². The van der Waals surface area contributed by atoms with Crippen molar-refractivity contribution in [2.75, 3.05) is 7.11 Å². The van der Waals surface area contributed by atoms with Gasteiger partial charge in [-0.25, -0.2) is 0 Å². The molecule has 0 saturated heterocycles. The van der Waals surface area contributed by atoms with Crippen LogP contribution in [0, 0.1) is 10.1 Å². The minimum absolute atomic E-state index is 0.0691. The molecule has 1 saturated carbocycles. The molecule has 0 aliphatic heterocycles. The first-order valence-corrected chi connectivity index (χ1v) is 6.17. The molecule has 6 heteroatoms. The Balaban J connectivity index is 1.92. The molecule has 0 unspecified atom stereocenters. The Morgan fingerprint density at radius 2 is 2.28 bits per heavy atom. The second-order valence-corrected chi connectivity index (χ2v) is 4.85. The van der Waals surface area contributed by atoms with Crippen molar-refractivity contribution >= 4 is 17.3 Å². The van der Waals surface area contributed by atoms with E-state index >= 15 is 0 Å². The minimum Gasteiger partial charge on any atom is -0.381 e. The third-order valence-corrected chi connectivity index (χ3v) is 3.62. The quantitative estimate of drug-likeness (QED) is 0.660. The fourth-order valence-electron chi connectivity index (χ4n) is 1.99. The number of hydrogen-bond donors (Lipinski definition) is 1. The van der Waals surface area contributed by atoms with Crippen LogP contribution in [0.5, 0.6) is 0 Å². The van der Waals surface area contributed by atoms with Crippen LogP contribution in [0.15, 0.2) is 18.2 Å². The summed E-state index contributed by atoms with van der Waals surface area (Å²) in [7, 11) is 1.71. The zero-order chi connectivity index (χ0) is 13.1. The van der Waals surface area contributed by atoms with Gasteiger partial charge < -0.3 is 10.1 Å². The number of non-ortho nitro benzene ring substituents is 1. The van der Waals surface area contributed by atoms with Gasteiger partial charge in [-0.3, -0.25) is 10.1 Å². The van der Waals surface area contributed by atoms with Gasteiger partial charge in [0.1, 0.15) is 0 Å². The van der Waals surface area contributed by atoms with E-state index in [1.807, 2.05) is 0 Å². The Morgan fingerprint density at radius 1 is 1.56 bits per heavy atom. The number of benzene rings is 1. The van der Waals surface area contributed by atoms with Crippen LogP contribution in [-0.4, -0.2) is 24.2 Å². The maximum Gasteiger partial charge on any atom is 0.269 e. The van der Waals surface area contributed by atoms with Gasteiger partial charge in [-0.2, -0.15) is 0 Å². The van der Waals surface area contributed by atoms with E-state index in [1.165, 1.54) is 12.1 Å². The summed E-state index contributed by atoms with van der Waals surface area (Å²) in [5.74, 6) is 0. The summed E-state index contributed by atoms with van der Waals surface area (Å²) in [5.41, 5.74) is 0.825. The highest BCUT2D eigenvalue weighted by Gasteiger charge is 2.28. The van der Waals surface area contributed by atoms with Gasteiger partial charge in [0.2, 0.25) is 0 Å². The molecule has 0 heterocycles. The van der Waals surface area contributed by atoms with E-state index in [1.54, 1.807) is 13.2 Å². The molecule has 1 aliphatic rings. The molecule has 0 atom stereocenters. The van der Waals surface area contributed by atoms with Crippen molar-refractivity contribution in [3.05, 3.63) is 38.9 Å². The van der Waals surface area contributed by atoms with E-state index in [9.17, 15) is 10.1 Å². The predicted octanol–water partition coefficient (Wildman–Crippen LogP) is 2.52. The van der Waals surface area contributed by atoms with Crippen molar-refractivity contribution in [3.63, 3.8) is 0 Å². The van der Waals surface area contributed by atoms with Crippen molar-refractivity contribution in [1.82, 2.24) is 5.32 Å². The van der Waals surface area contributed by atoms with E-state index in [0.29, 0.717) is 23.7 Å². The molecular weight excluding hydrogens is 256 g/mol.